The third-order valence-corrected chi connectivity index (χ3v) is 3.75. The second-order valence-corrected chi connectivity index (χ2v) is 4.44. The SMILES string of the molecule is CCC1C(NC)CC1c1c(F)cccc1F. The summed E-state index contributed by atoms with van der Waals surface area (Å²) in [6, 6.07) is 4.51. The van der Waals surface area contributed by atoms with E-state index in [9.17, 15) is 8.78 Å². The van der Waals surface area contributed by atoms with Gasteiger partial charge in [-0.25, -0.2) is 8.78 Å². The van der Waals surface area contributed by atoms with E-state index < -0.39 is 11.6 Å². The molecule has 2 rings (SSSR count). The fraction of sp³-hybridized carbons (Fsp3) is 0.538. The monoisotopic (exact) mass is 225 g/mol. The third-order valence-electron chi connectivity index (χ3n) is 3.75. The summed E-state index contributed by atoms with van der Waals surface area (Å²) in [6.07, 6.45) is 1.77. The molecule has 3 heteroatoms. The van der Waals surface area contributed by atoms with Crippen molar-refractivity contribution in [2.75, 3.05) is 7.05 Å². The van der Waals surface area contributed by atoms with Crippen molar-refractivity contribution < 1.29 is 8.78 Å². The van der Waals surface area contributed by atoms with E-state index in [2.05, 4.69) is 12.2 Å². The number of benzene rings is 1. The average Bonchev–Trinajstić information content (AvgIpc) is 2.22. The second-order valence-electron chi connectivity index (χ2n) is 4.44. The molecule has 3 unspecified atom stereocenters. The molecule has 1 N–H and O–H groups in total. The second kappa shape index (κ2) is 4.50. The predicted octanol–water partition coefficient (Wildman–Crippen LogP) is 3.07. The molecule has 16 heavy (non-hydrogen) atoms. The molecule has 3 atom stereocenters. The van der Waals surface area contributed by atoms with Crippen LogP contribution in [0.5, 0.6) is 0 Å². The van der Waals surface area contributed by atoms with Crippen LogP contribution in [0.4, 0.5) is 8.78 Å². The number of rotatable bonds is 3. The molecule has 0 bridgehead atoms. The molecule has 1 aromatic carbocycles. The molecule has 0 heterocycles. The Labute approximate surface area is 94.9 Å². The highest BCUT2D eigenvalue weighted by Crippen LogP contribution is 2.45. The zero-order chi connectivity index (χ0) is 11.7. The van der Waals surface area contributed by atoms with Crippen LogP contribution in [0.1, 0.15) is 31.2 Å². The van der Waals surface area contributed by atoms with Gasteiger partial charge in [-0.05, 0) is 37.4 Å². The molecule has 1 nitrogen and oxygen atoms in total. The van der Waals surface area contributed by atoms with Crippen molar-refractivity contribution in [3.8, 4) is 0 Å². The molecule has 1 aromatic rings. The molecule has 88 valence electrons. The van der Waals surface area contributed by atoms with Crippen LogP contribution < -0.4 is 5.32 Å². The molecular weight excluding hydrogens is 208 g/mol. The molecule has 0 aliphatic heterocycles. The maximum atomic E-state index is 13.6. The van der Waals surface area contributed by atoms with E-state index in [0.717, 1.165) is 12.8 Å². The average molecular weight is 225 g/mol. The van der Waals surface area contributed by atoms with E-state index in [0.29, 0.717) is 12.0 Å². The fourth-order valence-electron chi connectivity index (χ4n) is 2.81. The number of hydrogen-bond donors (Lipinski definition) is 1. The van der Waals surface area contributed by atoms with Crippen LogP contribution in [0.15, 0.2) is 18.2 Å². The molecular formula is C13H17F2N. The number of halogens is 2. The van der Waals surface area contributed by atoms with Crippen LogP contribution in [0, 0.1) is 17.6 Å². The predicted molar refractivity (Wildman–Crippen MR) is 60.3 cm³/mol. The Bertz CT molecular complexity index is 358. The van der Waals surface area contributed by atoms with Crippen molar-refractivity contribution >= 4 is 0 Å². The highest BCUT2D eigenvalue weighted by molar-refractivity contribution is 5.28. The van der Waals surface area contributed by atoms with E-state index in [-0.39, 0.29) is 11.5 Å². The first kappa shape index (κ1) is 11.5. The van der Waals surface area contributed by atoms with Crippen molar-refractivity contribution in [3.05, 3.63) is 35.4 Å². The van der Waals surface area contributed by atoms with Gasteiger partial charge < -0.3 is 5.32 Å². The lowest BCUT2D eigenvalue weighted by molar-refractivity contribution is 0.162. The Morgan fingerprint density at radius 2 is 1.94 bits per heavy atom. The van der Waals surface area contributed by atoms with Crippen molar-refractivity contribution in [1.29, 1.82) is 0 Å². The fourth-order valence-corrected chi connectivity index (χ4v) is 2.81. The Balaban J connectivity index is 2.26. The molecule has 1 aliphatic carbocycles. The van der Waals surface area contributed by atoms with Gasteiger partial charge in [-0.1, -0.05) is 19.4 Å². The topological polar surface area (TPSA) is 12.0 Å². The third kappa shape index (κ3) is 1.73. The standard InChI is InChI=1S/C13H17F2N/c1-3-8-9(7-12(8)16-2)13-10(14)5-4-6-11(13)15/h4-6,8-9,12,16H,3,7H2,1-2H3. The van der Waals surface area contributed by atoms with Gasteiger partial charge in [-0.15, -0.1) is 0 Å². The zero-order valence-electron chi connectivity index (χ0n) is 9.63. The molecule has 0 radical (unpaired) electrons. The summed E-state index contributed by atoms with van der Waals surface area (Å²) in [6.45, 7) is 2.07. The number of nitrogens with one attached hydrogen (secondary N) is 1. The quantitative estimate of drug-likeness (QED) is 0.833. The summed E-state index contributed by atoms with van der Waals surface area (Å²) in [5.74, 6) is -0.434. The number of hydrogen-bond acceptors (Lipinski definition) is 1. The van der Waals surface area contributed by atoms with E-state index in [1.807, 2.05) is 7.05 Å². The lowest BCUT2D eigenvalue weighted by atomic mass is 9.65. The summed E-state index contributed by atoms with van der Waals surface area (Å²) in [4.78, 5) is 0. The van der Waals surface area contributed by atoms with Crippen molar-refractivity contribution in [3.63, 3.8) is 0 Å². The Kier molecular flexibility index (Phi) is 3.24. The molecule has 1 saturated carbocycles. The maximum absolute atomic E-state index is 13.6. The Morgan fingerprint density at radius 1 is 1.31 bits per heavy atom. The van der Waals surface area contributed by atoms with E-state index in [1.54, 1.807) is 0 Å². The first-order chi connectivity index (χ1) is 7.69. The van der Waals surface area contributed by atoms with E-state index >= 15 is 0 Å². The van der Waals surface area contributed by atoms with Gasteiger partial charge in [0.25, 0.3) is 0 Å². The zero-order valence-corrected chi connectivity index (χ0v) is 9.63. The molecule has 0 aromatic heterocycles. The maximum Gasteiger partial charge on any atom is 0.129 e. The van der Waals surface area contributed by atoms with Crippen LogP contribution in [0.3, 0.4) is 0 Å². The summed E-state index contributed by atoms with van der Waals surface area (Å²) in [5, 5.41) is 3.20. The summed E-state index contributed by atoms with van der Waals surface area (Å²) >= 11 is 0. The molecule has 0 amide bonds. The summed E-state index contributed by atoms with van der Waals surface area (Å²) < 4.78 is 27.2. The lowest BCUT2D eigenvalue weighted by Crippen LogP contribution is -2.47. The minimum atomic E-state index is -0.405. The Hall–Kier alpha value is -0.960. The highest BCUT2D eigenvalue weighted by atomic mass is 19.1. The van der Waals surface area contributed by atoms with E-state index in [4.69, 9.17) is 0 Å². The van der Waals surface area contributed by atoms with Gasteiger partial charge in [-0.3, -0.25) is 0 Å². The summed E-state index contributed by atoms with van der Waals surface area (Å²) in [7, 11) is 1.90. The van der Waals surface area contributed by atoms with Gasteiger partial charge in [0.1, 0.15) is 11.6 Å². The van der Waals surface area contributed by atoms with Crippen molar-refractivity contribution in [2.45, 2.75) is 31.7 Å². The first-order valence-electron chi connectivity index (χ1n) is 5.80. The molecule has 0 saturated heterocycles. The van der Waals surface area contributed by atoms with Gasteiger partial charge in [-0.2, -0.15) is 0 Å². The van der Waals surface area contributed by atoms with Crippen LogP contribution in [-0.4, -0.2) is 13.1 Å². The van der Waals surface area contributed by atoms with Crippen LogP contribution >= 0.6 is 0 Å². The molecule has 0 spiro atoms. The van der Waals surface area contributed by atoms with Crippen LogP contribution in [-0.2, 0) is 0 Å². The minimum absolute atomic E-state index is 0.0312. The first-order valence-corrected chi connectivity index (χ1v) is 5.80. The largest absolute Gasteiger partial charge is 0.317 e. The van der Waals surface area contributed by atoms with Gasteiger partial charge in [0.05, 0.1) is 0 Å². The van der Waals surface area contributed by atoms with Crippen molar-refractivity contribution in [1.82, 2.24) is 5.32 Å². The molecule has 1 aliphatic rings. The van der Waals surface area contributed by atoms with Gasteiger partial charge in [0.2, 0.25) is 0 Å². The van der Waals surface area contributed by atoms with Gasteiger partial charge in [0, 0.05) is 11.6 Å². The van der Waals surface area contributed by atoms with Gasteiger partial charge >= 0.3 is 0 Å². The van der Waals surface area contributed by atoms with Crippen molar-refractivity contribution in [2.24, 2.45) is 5.92 Å². The lowest BCUT2D eigenvalue weighted by Gasteiger charge is -2.45. The summed E-state index contributed by atoms with van der Waals surface area (Å²) in [5.41, 5.74) is 0.279. The Morgan fingerprint density at radius 3 is 2.44 bits per heavy atom. The smallest absolute Gasteiger partial charge is 0.129 e. The van der Waals surface area contributed by atoms with E-state index in [1.165, 1.54) is 18.2 Å². The van der Waals surface area contributed by atoms with Crippen LogP contribution in [0.25, 0.3) is 0 Å². The molecule has 1 fully saturated rings. The highest BCUT2D eigenvalue weighted by Gasteiger charge is 2.41. The normalized spacial score (nSPS) is 28.9. The van der Waals surface area contributed by atoms with Gasteiger partial charge in [0.15, 0.2) is 0 Å². The minimum Gasteiger partial charge on any atom is -0.317 e. The van der Waals surface area contributed by atoms with Crippen LogP contribution in [0.2, 0.25) is 0 Å².